The molecule has 0 aromatic heterocycles. The summed E-state index contributed by atoms with van der Waals surface area (Å²) in [4.78, 5) is 14.6. The molecule has 2 heterocycles. The topological polar surface area (TPSA) is 44.4 Å². The minimum Gasteiger partial charge on any atom is -0.335 e. The number of likely N-dealkylation sites (tertiary alicyclic amines) is 1. The minimum atomic E-state index is 0.0149. The van der Waals surface area contributed by atoms with Gasteiger partial charge in [0.05, 0.1) is 0 Å². The van der Waals surface area contributed by atoms with Gasteiger partial charge in [-0.05, 0) is 43.3 Å². The third-order valence-electron chi connectivity index (χ3n) is 4.94. The normalized spacial score (nSPS) is 24.3. The van der Waals surface area contributed by atoms with Crippen LogP contribution >= 0.6 is 11.8 Å². The van der Waals surface area contributed by atoms with Gasteiger partial charge in [-0.2, -0.15) is 11.8 Å². The third kappa shape index (κ3) is 4.64. The lowest BCUT2D eigenvalue weighted by molar-refractivity contribution is 0.228. The van der Waals surface area contributed by atoms with Crippen LogP contribution in [0.1, 0.15) is 37.8 Å². The van der Waals surface area contributed by atoms with Gasteiger partial charge in [0.15, 0.2) is 0 Å². The number of amides is 2. The summed E-state index contributed by atoms with van der Waals surface area (Å²) in [6, 6.07) is 11.6. The molecule has 0 spiro atoms. The van der Waals surface area contributed by atoms with Crippen molar-refractivity contribution in [3.8, 4) is 0 Å². The van der Waals surface area contributed by atoms with Crippen LogP contribution in [0.3, 0.4) is 0 Å². The van der Waals surface area contributed by atoms with Gasteiger partial charge in [0.2, 0.25) is 0 Å². The highest BCUT2D eigenvalue weighted by molar-refractivity contribution is 7.99. The second kappa shape index (κ2) is 8.06. The van der Waals surface area contributed by atoms with Gasteiger partial charge in [-0.1, -0.05) is 30.3 Å². The van der Waals surface area contributed by atoms with E-state index in [0.29, 0.717) is 12.1 Å². The van der Waals surface area contributed by atoms with Crippen LogP contribution in [0.25, 0.3) is 0 Å². The number of thioether (sulfide) groups is 1. The van der Waals surface area contributed by atoms with Gasteiger partial charge in [0.1, 0.15) is 0 Å². The molecular formula is C18H27N3OS. The second-order valence-electron chi connectivity index (χ2n) is 6.57. The van der Waals surface area contributed by atoms with Crippen molar-refractivity contribution >= 4 is 17.8 Å². The number of rotatable bonds is 4. The van der Waals surface area contributed by atoms with E-state index in [9.17, 15) is 4.79 Å². The summed E-state index contributed by atoms with van der Waals surface area (Å²) >= 11 is 1.98. The molecule has 2 atom stereocenters. The van der Waals surface area contributed by atoms with E-state index in [0.717, 1.165) is 43.9 Å². The van der Waals surface area contributed by atoms with E-state index in [-0.39, 0.29) is 12.1 Å². The molecule has 0 saturated carbocycles. The monoisotopic (exact) mass is 333 g/mol. The number of carbonyl (C=O) groups excluding carboxylic acids is 1. The number of carbonyl (C=O) groups is 1. The van der Waals surface area contributed by atoms with E-state index >= 15 is 0 Å². The fraction of sp³-hybridized carbons (Fsp3) is 0.611. The lowest BCUT2D eigenvalue weighted by Crippen LogP contribution is -2.48. The predicted octanol–water partition coefficient (Wildman–Crippen LogP) is 3.02. The van der Waals surface area contributed by atoms with Crippen molar-refractivity contribution < 1.29 is 4.79 Å². The van der Waals surface area contributed by atoms with Crippen molar-refractivity contribution in [1.29, 1.82) is 0 Å². The van der Waals surface area contributed by atoms with Crippen molar-refractivity contribution in [1.82, 2.24) is 15.5 Å². The number of hydrogen-bond donors (Lipinski definition) is 2. The van der Waals surface area contributed by atoms with Gasteiger partial charge in [0.25, 0.3) is 0 Å². The van der Waals surface area contributed by atoms with Crippen molar-refractivity contribution in [3.05, 3.63) is 35.9 Å². The molecule has 4 nitrogen and oxygen atoms in total. The summed E-state index contributed by atoms with van der Waals surface area (Å²) in [5.74, 6) is 2.33. The van der Waals surface area contributed by atoms with E-state index in [2.05, 4.69) is 52.8 Å². The molecule has 0 bridgehead atoms. The first-order valence-corrected chi connectivity index (χ1v) is 9.81. The van der Waals surface area contributed by atoms with Gasteiger partial charge in [-0.15, -0.1) is 0 Å². The Morgan fingerprint density at radius 3 is 2.57 bits per heavy atom. The van der Waals surface area contributed by atoms with Gasteiger partial charge in [-0.25, -0.2) is 4.79 Å². The fourth-order valence-electron chi connectivity index (χ4n) is 3.45. The fourth-order valence-corrected chi connectivity index (χ4v) is 4.56. The van der Waals surface area contributed by atoms with Crippen molar-refractivity contribution in [2.75, 3.05) is 24.6 Å². The Hall–Kier alpha value is -1.20. The summed E-state index contributed by atoms with van der Waals surface area (Å²) in [7, 11) is 0. The third-order valence-corrected chi connectivity index (χ3v) is 5.99. The summed E-state index contributed by atoms with van der Waals surface area (Å²) in [5.41, 5.74) is 1.34. The standard InChI is InChI=1S/C18H27N3OS/c1-14(15-5-3-2-4-6-15)21-10-7-17(13-21)20-18(22)19-16-8-11-23-12-9-16/h2-6,14,16-17H,7-13H2,1H3,(H2,19,20,22)/t14-,17-/m1/s1. The maximum atomic E-state index is 12.2. The van der Waals surface area contributed by atoms with E-state index in [4.69, 9.17) is 0 Å². The zero-order chi connectivity index (χ0) is 16.1. The largest absolute Gasteiger partial charge is 0.335 e. The van der Waals surface area contributed by atoms with Crippen molar-refractivity contribution in [2.45, 2.75) is 44.3 Å². The Kier molecular flexibility index (Phi) is 5.84. The van der Waals surface area contributed by atoms with E-state index in [1.807, 2.05) is 11.8 Å². The van der Waals surface area contributed by atoms with Crippen LogP contribution < -0.4 is 10.6 Å². The van der Waals surface area contributed by atoms with Crippen LogP contribution in [-0.4, -0.2) is 47.6 Å². The molecule has 2 amide bonds. The molecule has 126 valence electrons. The quantitative estimate of drug-likeness (QED) is 0.890. The first-order valence-electron chi connectivity index (χ1n) is 8.66. The number of nitrogens with zero attached hydrogens (tertiary/aromatic N) is 1. The Morgan fingerprint density at radius 1 is 1.13 bits per heavy atom. The molecule has 2 aliphatic rings. The van der Waals surface area contributed by atoms with Gasteiger partial charge in [0, 0.05) is 31.2 Å². The average molecular weight is 334 g/mol. The van der Waals surface area contributed by atoms with Crippen molar-refractivity contribution in [2.24, 2.45) is 0 Å². The summed E-state index contributed by atoms with van der Waals surface area (Å²) in [5, 5.41) is 6.30. The zero-order valence-electron chi connectivity index (χ0n) is 13.8. The maximum absolute atomic E-state index is 12.2. The first-order chi connectivity index (χ1) is 11.2. The lowest BCUT2D eigenvalue weighted by atomic mass is 10.1. The van der Waals surface area contributed by atoms with Crippen LogP contribution in [0.5, 0.6) is 0 Å². The van der Waals surface area contributed by atoms with Crippen LogP contribution in [0.15, 0.2) is 30.3 Å². The van der Waals surface area contributed by atoms with E-state index < -0.39 is 0 Å². The summed E-state index contributed by atoms with van der Waals surface area (Å²) in [6.45, 7) is 4.22. The molecule has 2 saturated heterocycles. The molecule has 1 aromatic carbocycles. The number of nitrogens with one attached hydrogen (secondary N) is 2. The molecule has 1 aromatic rings. The molecule has 2 fully saturated rings. The molecule has 5 heteroatoms. The number of urea groups is 1. The molecule has 2 aliphatic heterocycles. The number of hydrogen-bond acceptors (Lipinski definition) is 3. The average Bonchev–Trinajstić information content (AvgIpc) is 3.04. The second-order valence-corrected chi connectivity index (χ2v) is 7.80. The molecule has 0 radical (unpaired) electrons. The Bertz CT molecular complexity index is 504. The highest BCUT2D eigenvalue weighted by Crippen LogP contribution is 2.24. The molecule has 23 heavy (non-hydrogen) atoms. The zero-order valence-corrected chi connectivity index (χ0v) is 14.6. The van der Waals surface area contributed by atoms with Crippen LogP contribution in [0.4, 0.5) is 4.79 Å². The summed E-state index contributed by atoms with van der Waals surface area (Å²) < 4.78 is 0. The summed E-state index contributed by atoms with van der Waals surface area (Å²) in [6.07, 6.45) is 3.23. The van der Waals surface area contributed by atoms with Crippen LogP contribution in [-0.2, 0) is 0 Å². The van der Waals surface area contributed by atoms with E-state index in [1.54, 1.807) is 0 Å². The maximum Gasteiger partial charge on any atom is 0.315 e. The number of benzene rings is 1. The Labute approximate surface area is 143 Å². The van der Waals surface area contributed by atoms with Crippen molar-refractivity contribution in [3.63, 3.8) is 0 Å². The molecule has 3 rings (SSSR count). The predicted molar refractivity (Wildman–Crippen MR) is 96.8 cm³/mol. The Morgan fingerprint density at radius 2 is 1.83 bits per heavy atom. The van der Waals surface area contributed by atoms with E-state index in [1.165, 1.54) is 5.56 Å². The lowest BCUT2D eigenvalue weighted by Gasteiger charge is -2.26. The first kappa shape index (κ1) is 16.7. The SMILES string of the molecule is C[C@H](c1ccccc1)N1CC[C@@H](NC(=O)NC2CCSCC2)C1. The smallest absolute Gasteiger partial charge is 0.315 e. The van der Waals surface area contributed by atoms with Crippen LogP contribution in [0, 0.1) is 0 Å². The Balaban J connectivity index is 1.45. The van der Waals surface area contributed by atoms with Crippen LogP contribution in [0.2, 0.25) is 0 Å². The molecule has 0 unspecified atom stereocenters. The highest BCUT2D eigenvalue weighted by Gasteiger charge is 2.28. The highest BCUT2D eigenvalue weighted by atomic mass is 32.2. The van der Waals surface area contributed by atoms with Gasteiger partial charge >= 0.3 is 6.03 Å². The molecule has 2 N–H and O–H groups in total. The molecule has 0 aliphatic carbocycles. The van der Waals surface area contributed by atoms with Gasteiger partial charge in [-0.3, -0.25) is 4.90 Å². The minimum absolute atomic E-state index is 0.0149. The molecular weight excluding hydrogens is 306 g/mol. The van der Waals surface area contributed by atoms with Gasteiger partial charge < -0.3 is 10.6 Å².